The summed E-state index contributed by atoms with van der Waals surface area (Å²) < 4.78 is 4.61. The zero-order valence-electron chi connectivity index (χ0n) is 15.3. The molecule has 2 amide bonds. The number of rotatable bonds is 11. The predicted octanol–water partition coefficient (Wildman–Crippen LogP) is 1.57. The molecule has 0 saturated heterocycles. The van der Waals surface area contributed by atoms with Gasteiger partial charge in [-0.2, -0.15) is 0 Å². The molecule has 0 aromatic heterocycles. The molecule has 1 aromatic rings. The molecule has 0 aliphatic carbocycles. The van der Waals surface area contributed by atoms with Crippen LogP contribution in [-0.2, 0) is 19.1 Å². The van der Waals surface area contributed by atoms with Gasteiger partial charge >= 0.3 is 5.97 Å². The molecule has 0 radical (unpaired) electrons. The van der Waals surface area contributed by atoms with Crippen LogP contribution < -0.4 is 5.32 Å². The Hall–Kier alpha value is -2.70. The van der Waals surface area contributed by atoms with E-state index in [1.807, 2.05) is 6.07 Å². The number of methoxy groups -OCH3 is 1. The van der Waals surface area contributed by atoms with Crippen LogP contribution in [0.25, 0.3) is 0 Å². The van der Waals surface area contributed by atoms with Gasteiger partial charge in [0.1, 0.15) is 0 Å². The van der Waals surface area contributed by atoms with E-state index in [2.05, 4.69) is 10.1 Å². The van der Waals surface area contributed by atoms with E-state index in [1.165, 1.54) is 18.9 Å². The summed E-state index contributed by atoms with van der Waals surface area (Å²) in [5.41, 5.74) is 0.576. The van der Waals surface area contributed by atoms with Gasteiger partial charge in [-0.1, -0.05) is 30.3 Å². The third kappa shape index (κ3) is 8.41. The Labute approximate surface area is 153 Å². The molecular formula is C19H26N2O5. The number of hydrogen-bond acceptors (Lipinski definition) is 5. The van der Waals surface area contributed by atoms with Crippen LogP contribution >= 0.6 is 0 Å². The first-order valence-corrected chi connectivity index (χ1v) is 8.61. The second-order valence-corrected chi connectivity index (χ2v) is 5.83. The van der Waals surface area contributed by atoms with E-state index in [0.29, 0.717) is 25.1 Å². The number of ketones is 1. The molecule has 0 unspecified atom stereocenters. The van der Waals surface area contributed by atoms with Gasteiger partial charge in [0, 0.05) is 45.0 Å². The molecule has 0 heterocycles. The number of carbonyl (C=O) groups excluding carboxylic acids is 4. The average Bonchev–Trinajstić information content (AvgIpc) is 2.65. The normalized spacial score (nSPS) is 10.1. The van der Waals surface area contributed by atoms with Crippen LogP contribution in [0, 0.1) is 0 Å². The highest BCUT2D eigenvalue weighted by Gasteiger charge is 2.17. The Morgan fingerprint density at radius 3 is 2.31 bits per heavy atom. The standard InChI is InChI=1S/C19H26N2O5/c1-15(22)20-12-6-13-21(14-11-19(25)26-2)18(24)10-9-17(23)16-7-4-3-5-8-16/h3-5,7-8H,6,9-14H2,1-2H3,(H,20,22). The molecule has 1 N–H and O–H groups in total. The molecule has 0 spiro atoms. The maximum atomic E-state index is 12.4. The van der Waals surface area contributed by atoms with Crippen molar-refractivity contribution in [3.63, 3.8) is 0 Å². The van der Waals surface area contributed by atoms with E-state index in [9.17, 15) is 19.2 Å². The summed E-state index contributed by atoms with van der Waals surface area (Å²) in [5.74, 6) is -0.818. The van der Waals surface area contributed by atoms with Crippen LogP contribution in [0.4, 0.5) is 0 Å². The Balaban J connectivity index is 2.53. The van der Waals surface area contributed by atoms with Crippen molar-refractivity contribution in [1.82, 2.24) is 10.2 Å². The molecule has 7 nitrogen and oxygen atoms in total. The average molecular weight is 362 g/mol. The van der Waals surface area contributed by atoms with Crippen molar-refractivity contribution in [2.24, 2.45) is 0 Å². The van der Waals surface area contributed by atoms with Crippen molar-refractivity contribution in [3.05, 3.63) is 35.9 Å². The summed E-state index contributed by atoms with van der Waals surface area (Å²) in [6, 6.07) is 8.82. The number of carbonyl (C=O) groups is 4. The smallest absolute Gasteiger partial charge is 0.307 e. The molecule has 0 bridgehead atoms. The summed E-state index contributed by atoms with van der Waals surface area (Å²) >= 11 is 0. The molecule has 0 atom stereocenters. The first-order chi connectivity index (χ1) is 12.4. The highest BCUT2D eigenvalue weighted by molar-refractivity contribution is 5.97. The van der Waals surface area contributed by atoms with Crippen molar-refractivity contribution >= 4 is 23.6 Å². The fraction of sp³-hybridized carbons (Fsp3) is 0.474. The summed E-state index contributed by atoms with van der Waals surface area (Å²) in [5, 5.41) is 2.66. The first kappa shape index (κ1) is 21.3. The molecule has 7 heteroatoms. The quantitative estimate of drug-likeness (QED) is 0.366. The highest BCUT2D eigenvalue weighted by atomic mass is 16.5. The van der Waals surface area contributed by atoms with Crippen molar-refractivity contribution in [3.8, 4) is 0 Å². The lowest BCUT2D eigenvalue weighted by atomic mass is 10.1. The van der Waals surface area contributed by atoms with Gasteiger partial charge in [-0.25, -0.2) is 0 Å². The SMILES string of the molecule is COC(=O)CCN(CCCNC(C)=O)C(=O)CCC(=O)c1ccccc1. The van der Waals surface area contributed by atoms with Crippen LogP contribution in [0.1, 0.15) is 43.0 Å². The van der Waals surface area contributed by atoms with Crippen molar-refractivity contribution in [2.45, 2.75) is 32.6 Å². The molecule has 0 saturated carbocycles. The third-order valence-corrected chi connectivity index (χ3v) is 3.81. The minimum atomic E-state index is -0.398. The molecule has 0 aliphatic heterocycles. The van der Waals surface area contributed by atoms with Crippen LogP contribution in [0.5, 0.6) is 0 Å². The van der Waals surface area contributed by atoms with Gasteiger partial charge in [0.05, 0.1) is 13.5 Å². The number of esters is 1. The maximum Gasteiger partial charge on any atom is 0.307 e. The Morgan fingerprint density at radius 2 is 1.69 bits per heavy atom. The molecule has 1 aromatic carbocycles. The minimum absolute atomic E-state index is 0.0784. The topological polar surface area (TPSA) is 92.8 Å². The highest BCUT2D eigenvalue weighted by Crippen LogP contribution is 2.08. The van der Waals surface area contributed by atoms with E-state index in [4.69, 9.17) is 0 Å². The van der Waals surface area contributed by atoms with Crippen LogP contribution in [0.2, 0.25) is 0 Å². The van der Waals surface area contributed by atoms with Gasteiger partial charge in [0.25, 0.3) is 0 Å². The number of benzene rings is 1. The lowest BCUT2D eigenvalue weighted by Crippen LogP contribution is -2.36. The molecule has 0 aliphatic rings. The van der Waals surface area contributed by atoms with Gasteiger partial charge in [0.15, 0.2) is 5.78 Å². The predicted molar refractivity (Wildman–Crippen MR) is 96.5 cm³/mol. The maximum absolute atomic E-state index is 12.4. The molecule has 0 fully saturated rings. The van der Waals surface area contributed by atoms with Crippen LogP contribution in [0.15, 0.2) is 30.3 Å². The second-order valence-electron chi connectivity index (χ2n) is 5.83. The van der Waals surface area contributed by atoms with Crippen LogP contribution in [-0.4, -0.2) is 55.2 Å². The van der Waals surface area contributed by atoms with Gasteiger partial charge in [0.2, 0.25) is 11.8 Å². The molecule has 142 valence electrons. The minimum Gasteiger partial charge on any atom is -0.469 e. The third-order valence-electron chi connectivity index (χ3n) is 3.81. The largest absolute Gasteiger partial charge is 0.469 e. The van der Waals surface area contributed by atoms with Gasteiger partial charge in [-0.15, -0.1) is 0 Å². The molecule has 26 heavy (non-hydrogen) atoms. The number of ether oxygens (including phenoxy) is 1. The van der Waals surface area contributed by atoms with Gasteiger partial charge in [-0.3, -0.25) is 19.2 Å². The van der Waals surface area contributed by atoms with E-state index in [-0.39, 0.29) is 43.4 Å². The summed E-state index contributed by atoms with van der Waals surface area (Å²) in [4.78, 5) is 48.3. The van der Waals surface area contributed by atoms with Gasteiger partial charge < -0.3 is 15.0 Å². The van der Waals surface area contributed by atoms with Crippen LogP contribution in [0.3, 0.4) is 0 Å². The summed E-state index contributed by atoms with van der Waals surface area (Å²) in [6.07, 6.45) is 0.854. The lowest BCUT2D eigenvalue weighted by Gasteiger charge is -2.22. The zero-order valence-corrected chi connectivity index (χ0v) is 15.3. The van der Waals surface area contributed by atoms with Gasteiger partial charge in [-0.05, 0) is 6.42 Å². The Kier molecular flexibility index (Phi) is 9.67. The second kappa shape index (κ2) is 11.8. The first-order valence-electron chi connectivity index (χ1n) is 8.61. The van der Waals surface area contributed by atoms with E-state index in [0.717, 1.165) is 0 Å². The Morgan fingerprint density at radius 1 is 1.00 bits per heavy atom. The zero-order chi connectivity index (χ0) is 19.4. The number of amides is 2. The summed E-state index contributed by atoms with van der Waals surface area (Å²) in [7, 11) is 1.30. The van der Waals surface area contributed by atoms with Crippen molar-refractivity contribution < 1.29 is 23.9 Å². The number of Topliss-reactive ketones (excluding diaryl/α,β-unsaturated/α-hetero) is 1. The van der Waals surface area contributed by atoms with E-state index < -0.39 is 5.97 Å². The van der Waals surface area contributed by atoms with Crippen molar-refractivity contribution in [1.29, 1.82) is 0 Å². The van der Waals surface area contributed by atoms with Crippen molar-refractivity contribution in [2.75, 3.05) is 26.7 Å². The molecule has 1 rings (SSSR count). The van der Waals surface area contributed by atoms with E-state index in [1.54, 1.807) is 24.3 Å². The van der Waals surface area contributed by atoms with E-state index >= 15 is 0 Å². The fourth-order valence-corrected chi connectivity index (χ4v) is 2.37. The molecular weight excluding hydrogens is 336 g/mol. The summed E-state index contributed by atoms with van der Waals surface area (Å²) in [6.45, 7) is 2.50. The monoisotopic (exact) mass is 362 g/mol. The number of nitrogens with one attached hydrogen (secondary N) is 1. The lowest BCUT2D eigenvalue weighted by molar-refractivity contribution is -0.141. The fourth-order valence-electron chi connectivity index (χ4n) is 2.37. The number of nitrogens with zero attached hydrogens (tertiary/aromatic N) is 1. The number of hydrogen-bond donors (Lipinski definition) is 1. The Bertz CT molecular complexity index is 616.